The highest BCUT2D eigenvalue weighted by atomic mass is 15.4. The number of rotatable bonds is 6. The lowest BCUT2D eigenvalue weighted by Crippen LogP contribution is -2.02. The molecule has 1 heterocycles. The van der Waals surface area contributed by atoms with E-state index in [0.29, 0.717) is 6.54 Å². The van der Waals surface area contributed by atoms with Gasteiger partial charge in [-0.1, -0.05) is 19.1 Å². The van der Waals surface area contributed by atoms with Gasteiger partial charge in [0.05, 0.1) is 5.69 Å². The summed E-state index contributed by atoms with van der Waals surface area (Å²) in [7, 11) is 0. The first kappa shape index (κ1) is 11.2. The summed E-state index contributed by atoms with van der Waals surface area (Å²) in [6.45, 7) is 6.09. The van der Waals surface area contributed by atoms with Gasteiger partial charge in [0.1, 0.15) is 0 Å². The van der Waals surface area contributed by atoms with Crippen LogP contribution >= 0.6 is 0 Å². The Labute approximate surface area is 85.5 Å². The molecule has 4 nitrogen and oxygen atoms in total. The zero-order valence-electron chi connectivity index (χ0n) is 9.11. The summed E-state index contributed by atoms with van der Waals surface area (Å²) >= 11 is 0. The lowest BCUT2D eigenvalue weighted by molar-refractivity contribution is 0.482. The first-order valence-electron chi connectivity index (χ1n) is 5.31. The molecule has 4 heteroatoms. The zero-order chi connectivity index (χ0) is 10.4. The fourth-order valence-electron chi connectivity index (χ4n) is 1.37. The third-order valence-corrected chi connectivity index (χ3v) is 2.16. The second kappa shape index (κ2) is 5.75. The van der Waals surface area contributed by atoms with E-state index in [9.17, 15) is 0 Å². The number of aryl methyl sites for hydroxylation is 1. The molecule has 0 spiro atoms. The summed E-state index contributed by atoms with van der Waals surface area (Å²) in [6.07, 6.45) is 5.23. The van der Waals surface area contributed by atoms with E-state index >= 15 is 0 Å². The number of nitrogens with zero attached hydrogens (tertiary/aromatic N) is 3. The summed E-state index contributed by atoms with van der Waals surface area (Å²) in [5, 5.41) is 8.08. The molecule has 0 bridgehead atoms. The first-order valence-corrected chi connectivity index (χ1v) is 5.31. The minimum atomic E-state index is 0.644. The summed E-state index contributed by atoms with van der Waals surface area (Å²) in [4.78, 5) is 0. The monoisotopic (exact) mass is 196 g/mol. The van der Waals surface area contributed by atoms with Crippen molar-refractivity contribution >= 4 is 0 Å². The van der Waals surface area contributed by atoms with Crippen molar-refractivity contribution in [2.24, 2.45) is 11.7 Å². The van der Waals surface area contributed by atoms with Gasteiger partial charge in [0.15, 0.2) is 0 Å². The second-order valence-corrected chi connectivity index (χ2v) is 4.05. The fourth-order valence-corrected chi connectivity index (χ4v) is 1.37. The highest BCUT2D eigenvalue weighted by Crippen LogP contribution is 2.05. The van der Waals surface area contributed by atoms with Gasteiger partial charge >= 0.3 is 0 Å². The van der Waals surface area contributed by atoms with Crippen molar-refractivity contribution in [1.29, 1.82) is 0 Å². The molecule has 0 saturated heterocycles. The van der Waals surface area contributed by atoms with Gasteiger partial charge in [0, 0.05) is 19.2 Å². The van der Waals surface area contributed by atoms with Crippen molar-refractivity contribution < 1.29 is 0 Å². The first-order chi connectivity index (χ1) is 6.72. The average molecular weight is 196 g/mol. The number of aromatic nitrogens is 3. The van der Waals surface area contributed by atoms with Crippen LogP contribution in [-0.4, -0.2) is 21.5 Å². The van der Waals surface area contributed by atoms with Crippen molar-refractivity contribution in [2.45, 2.75) is 39.7 Å². The van der Waals surface area contributed by atoms with Crippen LogP contribution in [0.3, 0.4) is 0 Å². The topological polar surface area (TPSA) is 56.7 Å². The Balaban J connectivity index is 2.28. The molecule has 0 radical (unpaired) electrons. The molecule has 0 aromatic carbocycles. The van der Waals surface area contributed by atoms with Gasteiger partial charge < -0.3 is 5.73 Å². The SMILES string of the molecule is CC(C)CCCn1cc(CCN)nn1. The van der Waals surface area contributed by atoms with Crippen LogP contribution in [0.4, 0.5) is 0 Å². The van der Waals surface area contributed by atoms with Crippen molar-refractivity contribution in [3.05, 3.63) is 11.9 Å². The van der Waals surface area contributed by atoms with Crippen LogP contribution in [0.2, 0.25) is 0 Å². The third-order valence-electron chi connectivity index (χ3n) is 2.16. The molecule has 2 N–H and O–H groups in total. The van der Waals surface area contributed by atoms with Gasteiger partial charge in [-0.05, 0) is 25.3 Å². The predicted molar refractivity (Wildman–Crippen MR) is 56.9 cm³/mol. The van der Waals surface area contributed by atoms with E-state index in [4.69, 9.17) is 5.73 Å². The molecular formula is C10H20N4. The van der Waals surface area contributed by atoms with Gasteiger partial charge in [-0.2, -0.15) is 0 Å². The molecule has 0 aliphatic carbocycles. The minimum absolute atomic E-state index is 0.644. The van der Waals surface area contributed by atoms with Crippen LogP contribution in [0, 0.1) is 5.92 Å². The Hall–Kier alpha value is -0.900. The average Bonchev–Trinajstić information content (AvgIpc) is 2.53. The number of nitrogens with two attached hydrogens (primary N) is 1. The molecule has 0 aliphatic heterocycles. The van der Waals surface area contributed by atoms with E-state index in [1.165, 1.54) is 12.8 Å². The van der Waals surface area contributed by atoms with Gasteiger partial charge in [-0.15, -0.1) is 5.10 Å². The Morgan fingerprint density at radius 3 is 2.93 bits per heavy atom. The van der Waals surface area contributed by atoms with E-state index in [-0.39, 0.29) is 0 Å². The predicted octanol–water partition coefficient (Wildman–Crippen LogP) is 1.22. The van der Waals surface area contributed by atoms with Crippen LogP contribution < -0.4 is 5.73 Å². The molecule has 1 aromatic rings. The van der Waals surface area contributed by atoms with Gasteiger partial charge in [-0.25, -0.2) is 0 Å². The number of hydrogen-bond donors (Lipinski definition) is 1. The van der Waals surface area contributed by atoms with Crippen molar-refractivity contribution in [3.63, 3.8) is 0 Å². The van der Waals surface area contributed by atoms with Crippen LogP contribution in [0.1, 0.15) is 32.4 Å². The molecule has 14 heavy (non-hydrogen) atoms. The molecule has 0 aliphatic rings. The normalized spacial score (nSPS) is 11.1. The van der Waals surface area contributed by atoms with Gasteiger partial charge in [0.2, 0.25) is 0 Å². The summed E-state index contributed by atoms with van der Waals surface area (Å²) in [6, 6.07) is 0. The van der Waals surface area contributed by atoms with Crippen LogP contribution in [0.15, 0.2) is 6.20 Å². The van der Waals surface area contributed by atoms with Gasteiger partial charge in [0.25, 0.3) is 0 Å². The highest BCUT2D eigenvalue weighted by molar-refractivity contribution is 4.92. The van der Waals surface area contributed by atoms with Crippen LogP contribution in [0.25, 0.3) is 0 Å². The Morgan fingerprint density at radius 2 is 2.29 bits per heavy atom. The van der Waals surface area contributed by atoms with Crippen LogP contribution in [-0.2, 0) is 13.0 Å². The van der Waals surface area contributed by atoms with Crippen molar-refractivity contribution in [3.8, 4) is 0 Å². The van der Waals surface area contributed by atoms with E-state index in [1.807, 2.05) is 10.9 Å². The fraction of sp³-hybridized carbons (Fsp3) is 0.800. The summed E-state index contributed by atoms with van der Waals surface area (Å²) in [5.41, 5.74) is 6.43. The quantitative estimate of drug-likeness (QED) is 0.744. The summed E-state index contributed by atoms with van der Waals surface area (Å²) in [5.74, 6) is 0.766. The molecule has 1 rings (SSSR count). The lowest BCUT2D eigenvalue weighted by atomic mass is 10.1. The molecule has 0 saturated carbocycles. The van der Waals surface area contributed by atoms with E-state index in [0.717, 1.165) is 24.6 Å². The minimum Gasteiger partial charge on any atom is -0.330 e. The van der Waals surface area contributed by atoms with Gasteiger partial charge in [-0.3, -0.25) is 4.68 Å². The zero-order valence-corrected chi connectivity index (χ0v) is 9.11. The van der Waals surface area contributed by atoms with Crippen molar-refractivity contribution in [1.82, 2.24) is 15.0 Å². The van der Waals surface area contributed by atoms with Crippen molar-refractivity contribution in [2.75, 3.05) is 6.54 Å². The molecule has 0 unspecified atom stereocenters. The second-order valence-electron chi connectivity index (χ2n) is 4.05. The Bertz CT molecular complexity index is 254. The maximum atomic E-state index is 5.43. The molecule has 0 atom stereocenters. The largest absolute Gasteiger partial charge is 0.330 e. The molecule has 0 fully saturated rings. The Kier molecular flexibility index (Phi) is 4.59. The van der Waals surface area contributed by atoms with E-state index in [2.05, 4.69) is 24.2 Å². The number of hydrogen-bond acceptors (Lipinski definition) is 3. The highest BCUT2D eigenvalue weighted by Gasteiger charge is 2.00. The lowest BCUT2D eigenvalue weighted by Gasteiger charge is -2.03. The van der Waals surface area contributed by atoms with E-state index in [1.54, 1.807) is 0 Å². The molecule has 1 aromatic heterocycles. The maximum absolute atomic E-state index is 5.43. The van der Waals surface area contributed by atoms with Crippen LogP contribution in [0.5, 0.6) is 0 Å². The standard InChI is InChI=1S/C10H20N4/c1-9(2)4-3-7-14-8-10(5-6-11)12-13-14/h8-9H,3-7,11H2,1-2H3. The Morgan fingerprint density at radius 1 is 1.50 bits per heavy atom. The molecular weight excluding hydrogens is 176 g/mol. The summed E-state index contributed by atoms with van der Waals surface area (Å²) < 4.78 is 1.91. The molecule has 80 valence electrons. The van der Waals surface area contributed by atoms with E-state index < -0.39 is 0 Å². The maximum Gasteiger partial charge on any atom is 0.0839 e. The smallest absolute Gasteiger partial charge is 0.0839 e. The third kappa shape index (κ3) is 3.87. The molecule has 0 amide bonds.